The highest BCUT2D eigenvalue weighted by Gasteiger charge is 2.33. The van der Waals surface area contributed by atoms with Gasteiger partial charge >= 0.3 is 0 Å². The molecule has 0 aromatic carbocycles. The first kappa shape index (κ1) is 11.6. The third kappa shape index (κ3) is 2.45. The molecule has 78 valence electrons. The zero-order chi connectivity index (χ0) is 10.3. The molecule has 1 aromatic rings. The Hall–Kier alpha value is 1.14. The van der Waals surface area contributed by atoms with Crippen LogP contribution in [0.15, 0.2) is 13.6 Å². The van der Waals surface area contributed by atoms with E-state index in [4.69, 9.17) is 0 Å². The van der Waals surface area contributed by atoms with Gasteiger partial charge in [-0.1, -0.05) is 22.9 Å². The third-order valence-electron chi connectivity index (χ3n) is 2.81. The van der Waals surface area contributed by atoms with E-state index in [0.29, 0.717) is 4.83 Å². The fraction of sp³-hybridized carbons (Fsp3) is 0.600. The first-order chi connectivity index (χ1) is 6.59. The molecule has 0 amide bonds. The Labute approximate surface area is 114 Å². The smallest absolute Gasteiger partial charge is 0.0753 e. The Morgan fingerprint density at radius 2 is 2.07 bits per heavy atom. The van der Waals surface area contributed by atoms with Gasteiger partial charge in [-0.15, -0.1) is 11.3 Å². The Balaban J connectivity index is 2.16. The Morgan fingerprint density at radius 3 is 2.50 bits per heavy atom. The Morgan fingerprint density at radius 1 is 1.43 bits per heavy atom. The van der Waals surface area contributed by atoms with Gasteiger partial charge in [0.15, 0.2) is 0 Å². The van der Waals surface area contributed by atoms with Gasteiger partial charge in [0.1, 0.15) is 0 Å². The molecule has 1 heterocycles. The Bertz CT molecular complexity index is 330. The van der Waals surface area contributed by atoms with Crippen molar-refractivity contribution in [2.75, 3.05) is 0 Å². The lowest BCUT2D eigenvalue weighted by Crippen LogP contribution is -2.04. The molecule has 2 atom stereocenters. The summed E-state index contributed by atoms with van der Waals surface area (Å²) in [4.78, 5) is 0.493. The fourth-order valence-corrected chi connectivity index (χ4v) is 5.87. The molecule has 1 saturated carbocycles. The Kier molecular flexibility index (Phi) is 3.78. The topological polar surface area (TPSA) is 0 Å². The number of alkyl halides is 1. The summed E-state index contributed by atoms with van der Waals surface area (Å²) in [7, 11) is 0. The van der Waals surface area contributed by atoms with Gasteiger partial charge < -0.3 is 0 Å². The molecule has 1 aliphatic carbocycles. The molecule has 1 aliphatic rings. The maximum Gasteiger partial charge on any atom is 0.0753 e. The van der Waals surface area contributed by atoms with Crippen LogP contribution in [0.1, 0.15) is 30.2 Å². The number of thiophene rings is 1. The molecule has 0 nitrogen and oxygen atoms in total. The SMILES string of the molecule is CC(C1CC1)C(Br)c1cc(Br)sc1Br. The molecule has 0 saturated heterocycles. The summed E-state index contributed by atoms with van der Waals surface area (Å²) in [6.45, 7) is 2.34. The second-order valence-electron chi connectivity index (χ2n) is 3.88. The molecule has 2 unspecified atom stereocenters. The molecule has 1 aromatic heterocycles. The predicted octanol–water partition coefficient (Wildman–Crippen LogP) is 5.76. The van der Waals surface area contributed by atoms with Crippen molar-refractivity contribution in [2.24, 2.45) is 11.8 Å². The largest absolute Gasteiger partial charge is 0.121 e. The molecule has 2 rings (SSSR count). The molecule has 4 heteroatoms. The summed E-state index contributed by atoms with van der Waals surface area (Å²) in [5, 5.41) is 0. The van der Waals surface area contributed by atoms with E-state index in [1.165, 1.54) is 26.0 Å². The highest BCUT2D eigenvalue weighted by atomic mass is 79.9. The van der Waals surface area contributed by atoms with Gasteiger partial charge in [0.05, 0.1) is 7.57 Å². The van der Waals surface area contributed by atoms with Gasteiger partial charge in [-0.3, -0.25) is 0 Å². The highest BCUT2D eigenvalue weighted by molar-refractivity contribution is 9.12. The van der Waals surface area contributed by atoms with Crippen LogP contribution in [0.2, 0.25) is 0 Å². The first-order valence-electron chi connectivity index (χ1n) is 4.68. The maximum absolute atomic E-state index is 3.81. The van der Waals surface area contributed by atoms with Crippen molar-refractivity contribution in [1.82, 2.24) is 0 Å². The van der Waals surface area contributed by atoms with E-state index in [1.54, 1.807) is 11.3 Å². The second kappa shape index (κ2) is 4.56. The van der Waals surface area contributed by atoms with Crippen molar-refractivity contribution in [3.63, 3.8) is 0 Å². The van der Waals surface area contributed by atoms with Crippen molar-refractivity contribution in [2.45, 2.75) is 24.6 Å². The second-order valence-corrected chi connectivity index (χ2v) is 8.61. The molecule has 1 fully saturated rings. The first-order valence-corrected chi connectivity index (χ1v) is 8.00. The minimum absolute atomic E-state index is 0.493. The summed E-state index contributed by atoms with van der Waals surface area (Å²) in [5.41, 5.74) is 1.39. The van der Waals surface area contributed by atoms with Crippen LogP contribution >= 0.6 is 59.1 Å². The van der Waals surface area contributed by atoms with Crippen LogP contribution in [-0.4, -0.2) is 0 Å². The summed E-state index contributed by atoms with van der Waals surface area (Å²) in [6.07, 6.45) is 2.82. The van der Waals surface area contributed by atoms with Crippen LogP contribution in [0.4, 0.5) is 0 Å². The lowest BCUT2D eigenvalue weighted by Gasteiger charge is -2.17. The van der Waals surface area contributed by atoms with Crippen LogP contribution in [-0.2, 0) is 0 Å². The lowest BCUT2D eigenvalue weighted by atomic mass is 9.98. The van der Waals surface area contributed by atoms with Gasteiger partial charge in [0.25, 0.3) is 0 Å². The quantitative estimate of drug-likeness (QED) is 0.564. The van der Waals surface area contributed by atoms with Gasteiger partial charge in [-0.2, -0.15) is 0 Å². The average molecular weight is 403 g/mol. The predicted molar refractivity (Wildman–Crippen MR) is 73.3 cm³/mol. The summed E-state index contributed by atoms with van der Waals surface area (Å²) in [5.74, 6) is 1.68. The lowest BCUT2D eigenvalue weighted by molar-refractivity contribution is 0.503. The van der Waals surface area contributed by atoms with Gasteiger partial charge in [-0.25, -0.2) is 0 Å². The maximum atomic E-state index is 3.81. The van der Waals surface area contributed by atoms with Crippen LogP contribution in [0.25, 0.3) is 0 Å². The molecule has 0 bridgehead atoms. The van der Waals surface area contributed by atoms with Gasteiger partial charge in [0, 0.05) is 4.83 Å². The number of hydrogen-bond acceptors (Lipinski definition) is 1. The summed E-state index contributed by atoms with van der Waals surface area (Å²) < 4.78 is 2.45. The van der Waals surface area contributed by atoms with E-state index >= 15 is 0 Å². The molecule has 0 spiro atoms. The van der Waals surface area contributed by atoms with E-state index in [1.807, 2.05) is 0 Å². The van der Waals surface area contributed by atoms with E-state index < -0.39 is 0 Å². The van der Waals surface area contributed by atoms with E-state index in [0.717, 1.165) is 11.8 Å². The molecular weight excluding hydrogens is 392 g/mol. The summed E-state index contributed by atoms with van der Waals surface area (Å²) in [6, 6.07) is 2.22. The van der Waals surface area contributed by atoms with Crippen molar-refractivity contribution in [1.29, 1.82) is 0 Å². The zero-order valence-electron chi connectivity index (χ0n) is 7.77. The van der Waals surface area contributed by atoms with Crippen molar-refractivity contribution >= 4 is 59.1 Å². The van der Waals surface area contributed by atoms with E-state index in [2.05, 4.69) is 60.8 Å². The number of halogens is 3. The van der Waals surface area contributed by atoms with Gasteiger partial charge in [-0.05, 0) is 68.2 Å². The molecular formula is C10H11Br3S. The normalized spacial score (nSPS) is 20.9. The molecule has 0 N–H and O–H groups in total. The minimum atomic E-state index is 0.493. The molecule has 0 aliphatic heterocycles. The van der Waals surface area contributed by atoms with Crippen LogP contribution in [0.5, 0.6) is 0 Å². The van der Waals surface area contributed by atoms with Crippen LogP contribution in [0, 0.1) is 11.8 Å². The molecule has 0 radical (unpaired) electrons. The average Bonchev–Trinajstić information content (AvgIpc) is 2.90. The monoisotopic (exact) mass is 400 g/mol. The third-order valence-corrected chi connectivity index (χ3v) is 6.52. The van der Waals surface area contributed by atoms with Crippen molar-refractivity contribution in [3.8, 4) is 0 Å². The fourth-order valence-electron chi connectivity index (χ4n) is 1.69. The number of rotatable bonds is 3. The number of hydrogen-bond donors (Lipinski definition) is 0. The van der Waals surface area contributed by atoms with Crippen molar-refractivity contribution in [3.05, 3.63) is 19.2 Å². The summed E-state index contributed by atoms with van der Waals surface area (Å²) >= 11 is 12.7. The van der Waals surface area contributed by atoms with Crippen LogP contribution < -0.4 is 0 Å². The van der Waals surface area contributed by atoms with Gasteiger partial charge in [0.2, 0.25) is 0 Å². The van der Waals surface area contributed by atoms with E-state index in [-0.39, 0.29) is 0 Å². The van der Waals surface area contributed by atoms with Crippen molar-refractivity contribution < 1.29 is 0 Å². The minimum Gasteiger partial charge on any atom is -0.121 e. The van der Waals surface area contributed by atoms with Crippen LogP contribution in [0.3, 0.4) is 0 Å². The molecule has 14 heavy (non-hydrogen) atoms. The standard InChI is InChI=1S/C10H11Br3S/c1-5(6-2-3-6)9(12)7-4-8(11)14-10(7)13/h4-6,9H,2-3H2,1H3. The highest BCUT2D eigenvalue weighted by Crippen LogP contribution is 2.49. The zero-order valence-corrected chi connectivity index (χ0v) is 13.3. The van der Waals surface area contributed by atoms with E-state index in [9.17, 15) is 0 Å².